The number of amides is 1. The summed E-state index contributed by atoms with van der Waals surface area (Å²) in [5, 5.41) is 13.6. The second kappa shape index (κ2) is 37.6. The molecule has 0 spiro atoms. The first-order valence-electron chi connectivity index (χ1n) is 22.7. The van der Waals surface area contributed by atoms with Gasteiger partial charge < -0.3 is 28.8 Å². The van der Waals surface area contributed by atoms with E-state index in [2.05, 4.69) is 31.3 Å². The molecule has 0 saturated carbocycles. The van der Waals surface area contributed by atoms with Gasteiger partial charge in [-0.15, -0.1) is 0 Å². The molecule has 0 aliphatic heterocycles. The Labute approximate surface area is 334 Å². The molecule has 0 fully saturated rings. The molecule has 3 unspecified atom stereocenters. The van der Waals surface area contributed by atoms with Crippen LogP contribution in [0.1, 0.15) is 206 Å². The molecule has 2 N–H and O–H groups in total. The number of allylic oxidation sites excluding steroid dienone is 3. The van der Waals surface area contributed by atoms with Crippen LogP contribution in [-0.2, 0) is 18.4 Å². The molecule has 0 aliphatic rings. The molecule has 0 saturated heterocycles. The zero-order valence-electron chi connectivity index (χ0n) is 36.2. The summed E-state index contributed by atoms with van der Waals surface area (Å²) in [6.07, 6.45) is 44.3. The summed E-state index contributed by atoms with van der Waals surface area (Å²) >= 11 is 0. The molecule has 0 heterocycles. The molecule has 0 aliphatic carbocycles. The van der Waals surface area contributed by atoms with Crippen molar-refractivity contribution in [2.24, 2.45) is 0 Å². The molecule has 8 nitrogen and oxygen atoms in total. The van der Waals surface area contributed by atoms with Gasteiger partial charge in [0.15, 0.2) is 0 Å². The highest BCUT2D eigenvalue weighted by molar-refractivity contribution is 7.45. The van der Waals surface area contributed by atoms with E-state index in [4.69, 9.17) is 9.05 Å². The van der Waals surface area contributed by atoms with E-state index in [1.807, 2.05) is 27.2 Å². The maximum atomic E-state index is 12.7. The van der Waals surface area contributed by atoms with Crippen LogP contribution in [-0.4, -0.2) is 68.5 Å². The molecule has 54 heavy (non-hydrogen) atoms. The Bertz CT molecular complexity index is 938. The number of hydrogen-bond acceptors (Lipinski definition) is 6. The lowest BCUT2D eigenvalue weighted by Gasteiger charge is -2.29. The summed E-state index contributed by atoms with van der Waals surface area (Å²) in [7, 11) is 1.26. The zero-order valence-corrected chi connectivity index (χ0v) is 37.1. The lowest BCUT2D eigenvalue weighted by molar-refractivity contribution is -0.870. The van der Waals surface area contributed by atoms with Crippen LogP contribution < -0.4 is 10.2 Å². The lowest BCUT2D eigenvalue weighted by atomic mass is 10.0. The monoisotopic (exact) mass is 785 g/mol. The Kier molecular flexibility index (Phi) is 36.8. The fourth-order valence-corrected chi connectivity index (χ4v) is 7.22. The fraction of sp³-hybridized carbons (Fsp3) is 0.889. The van der Waals surface area contributed by atoms with E-state index in [1.165, 1.54) is 141 Å². The lowest BCUT2D eigenvalue weighted by Crippen LogP contribution is -2.45. The third kappa shape index (κ3) is 39.2. The van der Waals surface area contributed by atoms with Gasteiger partial charge in [0, 0.05) is 6.42 Å². The van der Waals surface area contributed by atoms with Crippen molar-refractivity contribution in [2.45, 2.75) is 219 Å². The molecular formula is C45H89N2O6P. The summed E-state index contributed by atoms with van der Waals surface area (Å²) in [5.74, 6) is -0.203. The average Bonchev–Trinajstić information content (AvgIpc) is 3.12. The number of likely N-dealkylation sites (N-methyl/N-ethyl adjacent to an activating group) is 1. The van der Waals surface area contributed by atoms with Crippen LogP contribution in [0, 0.1) is 0 Å². The molecule has 9 heteroatoms. The largest absolute Gasteiger partial charge is 0.756 e. The smallest absolute Gasteiger partial charge is 0.268 e. The number of unbranched alkanes of at least 4 members (excludes halogenated alkanes) is 26. The number of hydrogen-bond donors (Lipinski definition) is 2. The molecule has 320 valence electrons. The van der Waals surface area contributed by atoms with Crippen molar-refractivity contribution in [3.63, 3.8) is 0 Å². The molecule has 0 bridgehead atoms. The maximum Gasteiger partial charge on any atom is 0.268 e. The van der Waals surface area contributed by atoms with Crippen LogP contribution in [0.5, 0.6) is 0 Å². The van der Waals surface area contributed by atoms with Gasteiger partial charge in [-0.25, -0.2) is 0 Å². The van der Waals surface area contributed by atoms with Gasteiger partial charge in [-0.1, -0.05) is 179 Å². The van der Waals surface area contributed by atoms with Crippen molar-refractivity contribution in [1.29, 1.82) is 0 Å². The van der Waals surface area contributed by atoms with Gasteiger partial charge in [-0.3, -0.25) is 9.36 Å². The summed E-state index contributed by atoms with van der Waals surface area (Å²) < 4.78 is 23.0. The van der Waals surface area contributed by atoms with Gasteiger partial charge in [0.1, 0.15) is 13.2 Å². The van der Waals surface area contributed by atoms with Crippen molar-refractivity contribution >= 4 is 13.7 Å². The zero-order chi connectivity index (χ0) is 40.0. The minimum absolute atomic E-state index is 0.000612. The molecule has 0 rings (SSSR count). The summed E-state index contributed by atoms with van der Waals surface area (Å²) in [5.41, 5.74) is 0. The molecule has 1 amide bonds. The third-order valence-electron chi connectivity index (χ3n) is 10.2. The molecular weight excluding hydrogens is 695 g/mol. The van der Waals surface area contributed by atoms with Crippen LogP contribution in [0.25, 0.3) is 0 Å². The quantitative estimate of drug-likeness (QED) is 0.0277. The van der Waals surface area contributed by atoms with Crippen LogP contribution in [0.3, 0.4) is 0 Å². The maximum absolute atomic E-state index is 12.7. The summed E-state index contributed by atoms with van der Waals surface area (Å²) in [6, 6.07) is -0.879. The Hall–Kier alpha value is -1.02. The van der Waals surface area contributed by atoms with E-state index in [-0.39, 0.29) is 19.1 Å². The van der Waals surface area contributed by atoms with Crippen LogP contribution in [0.4, 0.5) is 0 Å². The number of rotatable bonds is 41. The van der Waals surface area contributed by atoms with Crippen LogP contribution in [0.2, 0.25) is 0 Å². The van der Waals surface area contributed by atoms with E-state index >= 15 is 0 Å². The first kappa shape index (κ1) is 53.0. The predicted octanol–water partition coefficient (Wildman–Crippen LogP) is 11.9. The van der Waals surface area contributed by atoms with Crippen molar-refractivity contribution in [2.75, 3.05) is 40.9 Å². The second-order valence-corrected chi connectivity index (χ2v) is 18.2. The minimum atomic E-state index is -4.57. The van der Waals surface area contributed by atoms with Crippen molar-refractivity contribution < 1.29 is 32.9 Å². The van der Waals surface area contributed by atoms with Crippen molar-refractivity contribution in [3.05, 3.63) is 24.3 Å². The number of quaternary nitrogens is 1. The Morgan fingerprint density at radius 2 is 1.02 bits per heavy atom. The number of carbonyl (C=O) groups is 1. The molecule has 0 aromatic heterocycles. The van der Waals surface area contributed by atoms with Gasteiger partial charge in [0.25, 0.3) is 7.82 Å². The fourth-order valence-electron chi connectivity index (χ4n) is 6.50. The third-order valence-corrected chi connectivity index (χ3v) is 11.1. The van der Waals surface area contributed by atoms with E-state index in [0.29, 0.717) is 17.4 Å². The van der Waals surface area contributed by atoms with Gasteiger partial charge in [-0.05, 0) is 44.9 Å². The highest BCUT2D eigenvalue weighted by Crippen LogP contribution is 2.38. The standard InChI is InChI=1S/C45H89N2O6P/c1-6-8-10-12-13-14-15-16-17-18-19-20-21-22-23-24-25-26-27-28-29-30-31-32-33-35-37-39-45(49)46-43(44(48)38-36-34-11-9-7-2)42-53-54(50,51)52-41-40-47(3,4)5/h18-19,36,38,43-44,48H,6-17,20-35,37,39-42H2,1-5H3,(H-,46,49,50,51)/b19-18-,38-36+. The van der Waals surface area contributed by atoms with E-state index in [0.717, 1.165) is 44.9 Å². The minimum Gasteiger partial charge on any atom is -0.756 e. The Morgan fingerprint density at radius 1 is 0.630 bits per heavy atom. The summed E-state index contributed by atoms with van der Waals surface area (Å²) in [6.45, 7) is 4.53. The van der Waals surface area contributed by atoms with Gasteiger partial charge >= 0.3 is 0 Å². The number of nitrogens with zero attached hydrogens (tertiary/aromatic N) is 1. The molecule has 3 atom stereocenters. The molecule has 0 aromatic rings. The highest BCUT2D eigenvalue weighted by atomic mass is 31.2. The number of aliphatic hydroxyl groups is 1. The van der Waals surface area contributed by atoms with Gasteiger partial charge in [0.2, 0.25) is 5.91 Å². The van der Waals surface area contributed by atoms with Crippen molar-refractivity contribution in [1.82, 2.24) is 5.32 Å². The van der Waals surface area contributed by atoms with E-state index in [1.54, 1.807) is 6.08 Å². The van der Waals surface area contributed by atoms with Crippen LogP contribution >= 0.6 is 7.82 Å². The normalized spacial score (nSPS) is 14.6. The first-order chi connectivity index (χ1) is 26.0. The van der Waals surface area contributed by atoms with E-state index in [9.17, 15) is 19.4 Å². The molecule has 0 radical (unpaired) electrons. The van der Waals surface area contributed by atoms with Crippen LogP contribution in [0.15, 0.2) is 24.3 Å². The highest BCUT2D eigenvalue weighted by Gasteiger charge is 2.23. The average molecular weight is 785 g/mol. The number of aliphatic hydroxyl groups excluding tert-OH is 1. The second-order valence-electron chi connectivity index (χ2n) is 16.8. The molecule has 0 aromatic carbocycles. The SMILES string of the molecule is CCCCC/C=C/C(O)C(COP(=O)([O-])OCC[N+](C)(C)C)NC(=O)CCCCCCCCCCCCCCCCC/C=C\CCCCCCCCCC. The Morgan fingerprint density at radius 3 is 1.48 bits per heavy atom. The topological polar surface area (TPSA) is 108 Å². The van der Waals surface area contributed by atoms with E-state index < -0.39 is 20.0 Å². The number of phosphoric ester groups is 1. The summed E-state index contributed by atoms with van der Waals surface area (Å²) in [4.78, 5) is 25.1. The predicted molar refractivity (Wildman–Crippen MR) is 228 cm³/mol. The first-order valence-corrected chi connectivity index (χ1v) is 24.2. The number of phosphoric acid groups is 1. The number of nitrogens with one attached hydrogen (secondary N) is 1. The van der Waals surface area contributed by atoms with Gasteiger partial charge in [0.05, 0.1) is 39.9 Å². The Balaban J connectivity index is 3.92. The number of carbonyl (C=O) groups excluding carboxylic acids is 1. The van der Waals surface area contributed by atoms with Gasteiger partial charge in [-0.2, -0.15) is 0 Å². The van der Waals surface area contributed by atoms with Crippen molar-refractivity contribution in [3.8, 4) is 0 Å².